The highest BCUT2D eigenvalue weighted by atomic mass is 127. The summed E-state index contributed by atoms with van der Waals surface area (Å²) in [6, 6.07) is 0. The van der Waals surface area contributed by atoms with E-state index in [0.29, 0.717) is 5.91 Å². The summed E-state index contributed by atoms with van der Waals surface area (Å²) in [6.45, 7) is 10.1. The minimum atomic E-state index is 0. The maximum Gasteiger partial charge on any atom is 0.222 e. The van der Waals surface area contributed by atoms with Crippen molar-refractivity contribution < 1.29 is 9.53 Å². The number of nitrogens with one attached hydrogen (secondary N) is 2. The number of nitrogens with zero attached hydrogens (tertiary/aromatic N) is 3. The number of hydrogen-bond donors (Lipinski definition) is 2. The van der Waals surface area contributed by atoms with Crippen LogP contribution in [0.4, 0.5) is 0 Å². The van der Waals surface area contributed by atoms with Crippen LogP contribution < -0.4 is 10.6 Å². The summed E-state index contributed by atoms with van der Waals surface area (Å²) in [7, 11) is 0. The van der Waals surface area contributed by atoms with E-state index in [4.69, 9.17) is 9.73 Å². The number of guanidine groups is 1. The quantitative estimate of drug-likeness (QED) is 0.216. The molecule has 28 heavy (non-hydrogen) atoms. The molecule has 3 rings (SSSR count). The minimum absolute atomic E-state index is 0. The zero-order chi connectivity index (χ0) is 19.0. The van der Waals surface area contributed by atoms with Gasteiger partial charge in [-0.3, -0.25) is 14.7 Å². The number of rotatable bonds is 8. The van der Waals surface area contributed by atoms with Crippen molar-refractivity contribution in [2.45, 2.75) is 38.1 Å². The summed E-state index contributed by atoms with van der Waals surface area (Å²) in [5, 5.41) is 6.83. The Labute approximate surface area is 190 Å². The zero-order valence-corrected chi connectivity index (χ0v) is 20.2. The van der Waals surface area contributed by atoms with Crippen molar-refractivity contribution in [3.63, 3.8) is 0 Å². The molecule has 3 saturated heterocycles. The Hall–Kier alpha value is -0.260. The van der Waals surface area contributed by atoms with Gasteiger partial charge in [-0.25, -0.2) is 0 Å². The number of thioether (sulfide) groups is 1. The van der Waals surface area contributed by atoms with Gasteiger partial charge >= 0.3 is 0 Å². The molecule has 7 nitrogen and oxygen atoms in total. The van der Waals surface area contributed by atoms with Crippen molar-refractivity contribution in [3.05, 3.63) is 0 Å². The molecule has 0 spiro atoms. The van der Waals surface area contributed by atoms with Gasteiger partial charge in [-0.05, 0) is 31.9 Å². The standard InChI is InChI=1S/C19H35N5O2S.HI/c1-2-20-18(21-7-4-9-23-8-3-5-17(23)25)22-15-19(6-14-27-16-19)24-10-12-26-13-11-24;/h2-16H2,1H3,(H2,20,21,22);1H. The highest BCUT2D eigenvalue weighted by Crippen LogP contribution is 2.34. The van der Waals surface area contributed by atoms with E-state index in [9.17, 15) is 4.79 Å². The van der Waals surface area contributed by atoms with Gasteiger partial charge in [0.2, 0.25) is 5.91 Å². The normalized spacial score (nSPS) is 26.4. The van der Waals surface area contributed by atoms with Crippen LogP contribution in [0.15, 0.2) is 4.99 Å². The lowest BCUT2D eigenvalue weighted by atomic mass is 9.96. The molecule has 3 aliphatic heterocycles. The van der Waals surface area contributed by atoms with Crippen molar-refractivity contribution in [2.24, 2.45) is 4.99 Å². The third-order valence-corrected chi connectivity index (χ3v) is 6.94. The van der Waals surface area contributed by atoms with Crippen molar-refractivity contribution in [1.29, 1.82) is 0 Å². The van der Waals surface area contributed by atoms with Gasteiger partial charge in [0.15, 0.2) is 5.96 Å². The maximum atomic E-state index is 11.7. The van der Waals surface area contributed by atoms with Gasteiger partial charge < -0.3 is 20.3 Å². The van der Waals surface area contributed by atoms with E-state index in [0.717, 1.165) is 90.0 Å². The molecule has 0 aromatic heterocycles. The van der Waals surface area contributed by atoms with Gasteiger partial charge in [0.05, 0.1) is 25.3 Å². The van der Waals surface area contributed by atoms with E-state index < -0.39 is 0 Å². The molecule has 0 radical (unpaired) electrons. The third-order valence-electron chi connectivity index (χ3n) is 5.71. The lowest BCUT2D eigenvalue weighted by Gasteiger charge is -2.42. The molecule has 3 heterocycles. The zero-order valence-electron chi connectivity index (χ0n) is 17.1. The molecule has 0 aliphatic carbocycles. The van der Waals surface area contributed by atoms with Gasteiger partial charge in [-0.15, -0.1) is 24.0 Å². The van der Waals surface area contributed by atoms with E-state index in [1.807, 2.05) is 16.7 Å². The van der Waals surface area contributed by atoms with Crippen LogP contribution in [0.25, 0.3) is 0 Å². The number of morpholine rings is 1. The van der Waals surface area contributed by atoms with Crippen molar-refractivity contribution in [2.75, 3.05) is 70.5 Å². The number of aliphatic imine (C=N–C) groups is 1. The smallest absolute Gasteiger partial charge is 0.222 e. The summed E-state index contributed by atoms with van der Waals surface area (Å²) in [5.74, 6) is 3.59. The topological polar surface area (TPSA) is 69.2 Å². The lowest BCUT2D eigenvalue weighted by Crippen LogP contribution is -2.56. The van der Waals surface area contributed by atoms with E-state index >= 15 is 0 Å². The fraction of sp³-hybridized carbons (Fsp3) is 0.895. The average Bonchev–Trinajstić information content (AvgIpc) is 3.34. The second-order valence-electron chi connectivity index (χ2n) is 7.59. The Morgan fingerprint density at radius 1 is 1.29 bits per heavy atom. The number of ether oxygens (including phenoxy) is 1. The van der Waals surface area contributed by atoms with Gasteiger partial charge in [0, 0.05) is 51.4 Å². The lowest BCUT2D eigenvalue weighted by molar-refractivity contribution is -0.127. The number of hydrogen-bond acceptors (Lipinski definition) is 5. The molecule has 0 bridgehead atoms. The van der Waals surface area contributed by atoms with E-state index in [1.165, 1.54) is 12.2 Å². The number of amides is 1. The van der Waals surface area contributed by atoms with Crippen molar-refractivity contribution in [1.82, 2.24) is 20.4 Å². The van der Waals surface area contributed by atoms with Crippen LogP contribution >= 0.6 is 35.7 Å². The van der Waals surface area contributed by atoms with Crippen LogP contribution in [0.3, 0.4) is 0 Å². The SMILES string of the molecule is CCNC(=NCC1(N2CCOCC2)CCSC1)NCCCN1CCCC1=O.I. The van der Waals surface area contributed by atoms with Gasteiger partial charge in [-0.2, -0.15) is 11.8 Å². The van der Waals surface area contributed by atoms with Crippen LogP contribution in [0.5, 0.6) is 0 Å². The molecule has 1 unspecified atom stereocenters. The van der Waals surface area contributed by atoms with E-state index in [1.54, 1.807) is 0 Å². The maximum absolute atomic E-state index is 11.7. The highest BCUT2D eigenvalue weighted by molar-refractivity contribution is 14.0. The largest absolute Gasteiger partial charge is 0.379 e. The molecule has 0 saturated carbocycles. The monoisotopic (exact) mass is 525 g/mol. The highest BCUT2D eigenvalue weighted by Gasteiger charge is 2.40. The molecule has 0 aromatic carbocycles. The molecule has 1 amide bonds. The fourth-order valence-electron chi connectivity index (χ4n) is 4.09. The Balaban J connectivity index is 0.00000280. The molecule has 162 valence electrons. The number of carbonyl (C=O) groups is 1. The van der Waals surface area contributed by atoms with Gasteiger partial charge in [0.1, 0.15) is 0 Å². The van der Waals surface area contributed by atoms with Gasteiger partial charge in [0.25, 0.3) is 0 Å². The third kappa shape index (κ3) is 6.63. The summed E-state index contributed by atoms with van der Waals surface area (Å²) >= 11 is 2.05. The molecule has 2 N–H and O–H groups in total. The molecule has 0 aromatic rings. The summed E-state index contributed by atoms with van der Waals surface area (Å²) in [4.78, 5) is 21.2. The molecular weight excluding hydrogens is 489 g/mol. The molecule has 3 aliphatic rings. The summed E-state index contributed by atoms with van der Waals surface area (Å²) in [5.41, 5.74) is 0.179. The Morgan fingerprint density at radius 3 is 2.75 bits per heavy atom. The summed E-state index contributed by atoms with van der Waals surface area (Å²) < 4.78 is 5.55. The number of carbonyl (C=O) groups excluding carboxylic acids is 1. The first-order valence-electron chi connectivity index (χ1n) is 10.4. The van der Waals surface area contributed by atoms with Crippen molar-refractivity contribution >= 4 is 47.6 Å². The van der Waals surface area contributed by atoms with Crippen LogP contribution in [0.2, 0.25) is 0 Å². The molecule has 1 atom stereocenters. The second kappa shape index (κ2) is 12.4. The van der Waals surface area contributed by atoms with Crippen LogP contribution in [0.1, 0.15) is 32.6 Å². The first kappa shape index (κ1) is 24.0. The Kier molecular flexibility index (Phi) is 10.7. The predicted octanol–water partition coefficient (Wildman–Crippen LogP) is 1.38. The van der Waals surface area contributed by atoms with Crippen molar-refractivity contribution in [3.8, 4) is 0 Å². The Bertz CT molecular complexity index is 511. The number of likely N-dealkylation sites (tertiary alicyclic amines) is 1. The van der Waals surface area contributed by atoms with E-state index in [2.05, 4.69) is 22.5 Å². The fourth-order valence-corrected chi connectivity index (χ4v) is 5.56. The summed E-state index contributed by atoms with van der Waals surface area (Å²) in [6.07, 6.45) is 3.90. The molecule has 3 fully saturated rings. The molecule has 9 heteroatoms. The van der Waals surface area contributed by atoms with Crippen LogP contribution in [0, 0.1) is 0 Å². The van der Waals surface area contributed by atoms with Crippen LogP contribution in [-0.4, -0.2) is 97.7 Å². The molecular formula is C19H36IN5O2S. The van der Waals surface area contributed by atoms with E-state index in [-0.39, 0.29) is 29.5 Å². The predicted molar refractivity (Wildman–Crippen MR) is 127 cm³/mol. The minimum Gasteiger partial charge on any atom is -0.379 e. The van der Waals surface area contributed by atoms with Crippen LogP contribution in [-0.2, 0) is 9.53 Å². The first-order valence-corrected chi connectivity index (χ1v) is 11.6. The Morgan fingerprint density at radius 2 is 2.11 bits per heavy atom. The first-order chi connectivity index (χ1) is 13.2. The second-order valence-corrected chi connectivity index (χ2v) is 8.69. The van der Waals surface area contributed by atoms with Gasteiger partial charge in [-0.1, -0.05) is 0 Å². The average molecular weight is 526 g/mol. The number of halogens is 1.